The van der Waals surface area contributed by atoms with E-state index in [0.717, 1.165) is 10.8 Å². The Hall–Kier alpha value is -4.17. The smallest absolute Gasteiger partial charge is 0.417 e. The number of aliphatic hydroxyl groups excluding tert-OH is 1. The molecular weight excluding hydrogens is 546 g/mol. The van der Waals surface area contributed by atoms with Crippen molar-refractivity contribution in [1.29, 1.82) is 0 Å². The van der Waals surface area contributed by atoms with Gasteiger partial charge in [-0.05, 0) is 31.0 Å². The molecule has 1 aliphatic carbocycles. The molecular formula is C24H18ClF4N7O3. The third kappa shape index (κ3) is 4.25. The summed E-state index contributed by atoms with van der Waals surface area (Å²) in [4.78, 5) is 21.6. The maximum absolute atomic E-state index is 14.3. The van der Waals surface area contributed by atoms with Crippen LogP contribution in [0.4, 0.5) is 29.2 Å². The van der Waals surface area contributed by atoms with Crippen molar-refractivity contribution in [2.45, 2.75) is 31.2 Å². The normalized spacial score (nSPS) is 17.5. The number of halogens is 5. The van der Waals surface area contributed by atoms with Crippen molar-refractivity contribution < 1.29 is 27.4 Å². The Morgan fingerprint density at radius 2 is 1.97 bits per heavy atom. The van der Waals surface area contributed by atoms with Crippen LogP contribution in [0.25, 0.3) is 16.7 Å². The third-order valence-electron chi connectivity index (χ3n) is 6.58. The number of nitrogens with zero attached hydrogens (tertiary/aromatic N) is 6. The lowest BCUT2D eigenvalue weighted by Gasteiger charge is -2.33. The van der Waals surface area contributed by atoms with E-state index in [1.807, 2.05) is 0 Å². The molecule has 1 fully saturated rings. The van der Waals surface area contributed by atoms with Gasteiger partial charge >= 0.3 is 6.18 Å². The second kappa shape index (κ2) is 8.95. The Morgan fingerprint density at radius 3 is 2.69 bits per heavy atom. The predicted molar refractivity (Wildman–Crippen MR) is 132 cm³/mol. The van der Waals surface area contributed by atoms with Gasteiger partial charge in [-0.2, -0.15) is 23.3 Å². The zero-order chi connectivity index (χ0) is 27.6. The summed E-state index contributed by atoms with van der Waals surface area (Å²) in [7, 11) is 1.53. The van der Waals surface area contributed by atoms with E-state index < -0.39 is 35.3 Å². The zero-order valence-corrected chi connectivity index (χ0v) is 20.7. The monoisotopic (exact) mass is 563 g/mol. The summed E-state index contributed by atoms with van der Waals surface area (Å²) in [6, 6.07) is 2.88. The Bertz CT molecular complexity index is 1810. The first kappa shape index (κ1) is 25.1. The summed E-state index contributed by atoms with van der Waals surface area (Å²) in [6.45, 7) is 0. The van der Waals surface area contributed by atoms with Gasteiger partial charge in [0.2, 0.25) is 5.95 Å². The quantitative estimate of drug-likeness (QED) is 0.295. The summed E-state index contributed by atoms with van der Waals surface area (Å²) in [5.74, 6) is -0.426. The van der Waals surface area contributed by atoms with Gasteiger partial charge in [0.1, 0.15) is 21.7 Å². The van der Waals surface area contributed by atoms with Gasteiger partial charge in [-0.15, -0.1) is 0 Å². The first-order valence-electron chi connectivity index (χ1n) is 11.6. The SMILES string of the molecule is Cn1c(Nc2cc(C(F)(F)F)cn([C@H]3C[C@@H](O)C3)c2=O)nc2ncc(Oc3cnn4cccc(F)c34)c(Cl)c21. The predicted octanol–water partition coefficient (Wildman–Crippen LogP) is 4.82. The molecule has 1 saturated carbocycles. The van der Waals surface area contributed by atoms with Crippen LogP contribution in [-0.2, 0) is 13.2 Å². The molecule has 5 heterocycles. The number of aliphatic hydroxyl groups is 1. The molecule has 10 nitrogen and oxygen atoms in total. The number of alkyl halides is 3. The molecule has 5 aromatic heterocycles. The molecule has 0 unspecified atom stereocenters. The van der Waals surface area contributed by atoms with Crippen molar-refractivity contribution in [2.24, 2.45) is 7.05 Å². The highest BCUT2D eigenvalue weighted by molar-refractivity contribution is 6.36. The topological polar surface area (TPSA) is 112 Å². The minimum absolute atomic E-state index is 0.00445. The number of pyridine rings is 3. The van der Waals surface area contributed by atoms with Crippen LogP contribution in [0.2, 0.25) is 5.02 Å². The zero-order valence-electron chi connectivity index (χ0n) is 19.9. The summed E-state index contributed by atoms with van der Waals surface area (Å²) < 4.78 is 64.7. The van der Waals surface area contributed by atoms with Crippen molar-refractivity contribution in [3.8, 4) is 11.5 Å². The van der Waals surface area contributed by atoms with Gasteiger partial charge in [0.05, 0.1) is 24.1 Å². The number of ether oxygens (including phenoxy) is 1. The molecule has 0 radical (unpaired) electrons. The highest BCUT2D eigenvalue weighted by atomic mass is 35.5. The molecule has 15 heteroatoms. The Kier molecular flexibility index (Phi) is 5.77. The minimum atomic E-state index is -4.71. The lowest BCUT2D eigenvalue weighted by Crippen LogP contribution is -2.37. The van der Waals surface area contributed by atoms with Crippen LogP contribution in [-0.4, -0.2) is 39.9 Å². The van der Waals surface area contributed by atoms with Crippen LogP contribution >= 0.6 is 11.6 Å². The lowest BCUT2D eigenvalue weighted by atomic mass is 9.89. The molecule has 0 saturated heterocycles. The van der Waals surface area contributed by atoms with Gasteiger partial charge in [0.15, 0.2) is 23.0 Å². The highest BCUT2D eigenvalue weighted by Gasteiger charge is 2.36. The minimum Gasteiger partial charge on any atom is -0.450 e. The van der Waals surface area contributed by atoms with Crippen molar-refractivity contribution in [1.82, 2.24) is 28.7 Å². The van der Waals surface area contributed by atoms with E-state index in [-0.39, 0.29) is 57.7 Å². The van der Waals surface area contributed by atoms with Crippen LogP contribution in [0.3, 0.4) is 0 Å². The van der Waals surface area contributed by atoms with Gasteiger partial charge in [-0.3, -0.25) is 4.79 Å². The van der Waals surface area contributed by atoms with E-state index in [4.69, 9.17) is 16.3 Å². The maximum Gasteiger partial charge on any atom is 0.417 e. The fourth-order valence-corrected chi connectivity index (χ4v) is 4.79. The van der Waals surface area contributed by atoms with Crippen LogP contribution in [0.15, 0.2) is 47.8 Å². The van der Waals surface area contributed by atoms with Crippen LogP contribution in [0.1, 0.15) is 24.4 Å². The molecule has 6 rings (SSSR count). The molecule has 202 valence electrons. The molecule has 0 bridgehead atoms. The Labute approximate surface area is 221 Å². The number of hydrogen-bond acceptors (Lipinski definition) is 7. The van der Waals surface area contributed by atoms with Crippen molar-refractivity contribution in [3.63, 3.8) is 0 Å². The molecule has 39 heavy (non-hydrogen) atoms. The number of imidazole rings is 1. The second-order valence-corrected chi connectivity index (χ2v) is 9.50. The second-order valence-electron chi connectivity index (χ2n) is 9.12. The average molecular weight is 564 g/mol. The number of anilines is 2. The summed E-state index contributed by atoms with van der Waals surface area (Å²) in [5.41, 5.74) is -1.64. The van der Waals surface area contributed by atoms with E-state index in [1.165, 1.54) is 40.7 Å². The lowest BCUT2D eigenvalue weighted by molar-refractivity contribution is -0.138. The van der Waals surface area contributed by atoms with Gasteiger partial charge in [0.25, 0.3) is 5.56 Å². The van der Waals surface area contributed by atoms with E-state index in [1.54, 1.807) is 6.20 Å². The number of rotatable bonds is 5. The van der Waals surface area contributed by atoms with Gasteiger partial charge in [-0.25, -0.2) is 13.9 Å². The average Bonchev–Trinajstić information content (AvgIpc) is 3.41. The van der Waals surface area contributed by atoms with Crippen LogP contribution < -0.4 is 15.6 Å². The fourth-order valence-electron chi connectivity index (χ4n) is 4.49. The summed E-state index contributed by atoms with van der Waals surface area (Å²) >= 11 is 6.58. The molecule has 2 N–H and O–H groups in total. The van der Waals surface area contributed by atoms with E-state index in [0.29, 0.717) is 6.07 Å². The Morgan fingerprint density at radius 1 is 1.21 bits per heavy atom. The summed E-state index contributed by atoms with van der Waals surface area (Å²) in [6.07, 6.45) is -0.158. The fraction of sp³-hybridized carbons (Fsp3) is 0.250. The molecule has 0 spiro atoms. The number of hydrogen-bond donors (Lipinski definition) is 2. The van der Waals surface area contributed by atoms with E-state index >= 15 is 0 Å². The van der Waals surface area contributed by atoms with E-state index in [2.05, 4.69) is 20.4 Å². The standard InChI is InChI=1S/C24H18ClF4N7O3/c1-34-20-18(25)16(39-17-9-31-36-4-2-3-14(26)19(17)36)8-30-21(20)33-23(34)32-15-5-11(24(27,28)29)10-35(22(15)38)12-6-13(37)7-12/h2-5,8-10,12-13,37H,6-7H2,1H3,(H,30,32,33)/t12-,13+. The number of aryl methyl sites for hydroxylation is 1. The number of aromatic nitrogens is 6. The van der Waals surface area contributed by atoms with Crippen LogP contribution in [0, 0.1) is 5.82 Å². The first-order chi connectivity index (χ1) is 18.5. The highest BCUT2D eigenvalue weighted by Crippen LogP contribution is 2.38. The van der Waals surface area contributed by atoms with Crippen molar-refractivity contribution in [2.75, 3.05) is 5.32 Å². The van der Waals surface area contributed by atoms with E-state index in [9.17, 15) is 27.5 Å². The molecule has 5 aromatic rings. The van der Waals surface area contributed by atoms with Gasteiger partial charge in [-0.1, -0.05) is 11.6 Å². The first-order valence-corrected chi connectivity index (χ1v) is 12.0. The molecule has 0 aromatic carbocycles. The third-order valence-corrected chi connectivity index (χ3v) is 6.95. The van der Waals surface area contributed by atoms with Crippen LogP contribution in [0.5, 0.6) is 11.5 Å². The summed E-state index contributed by atoms with van der Waals surface area (Å²) in [5, 5.41) is 16.4. The van der Waals surface area contributed by atoms with Gasteiger partial charge in [0, 0.05) is 25.5 Å². The molecule has 0 amide bonds. The maximum atomic E-state index is 14.3. The van der Waals surface area contributed by atoms with Crippen molar-refractivity contribution in [3.05, 3.63) is 69.7 Å². The van der Waals surface area contributed by atoms with Gasteiger partial charge < -0.3 is 24.3 Å². The largest absolute Gasteiger partial charge is 0.450 e. The molecule has 0 atom stereocenters. The number of nitrogens with one attached hydrogen (secondary N) is 1. The molecule has 1 aliphatic rings. The molecule has 0 aliphatic heterocycles. The number of fused-ring (bicyclic) bond motifs is 2. The Balaban J connectivity index is 1.38. The van der Waals surface area contributed by atoms with Crippen molar-refractivity contribution >= 4 is 39.9 Å².